The first-order valence-electron chi connectivity index (χ1n) is 6.61. The summed E-state index contributed by atoms with van der Waals surface area (Å²) in [4.78, 5) is 14.4. The molecule has 2 unspecified atom stereocenters. The Labute approximate surface area is 118 Å². The molecule has 1 aliphatic heterocycles. The van der Waals surface area contributed by atoms with Gasteiger partial charge in [-0.1, -0.05) is 11.6 Å². The van der Waals surface area contributed by atoms with Gasteiger partial charge in [0, 0.05) is 19.6 Å². The summed E-state index contributed by atoms with van der Waals surface area (Å²) in [6.45, 7) is 9.52. The van der Waals surface area contributed by atoms with Gasteiger partial charge < -0.3 is 9.64 Å². The van der Waals surface area contributed by atoms with E-state index in [0.29, 0.717) is 36.0 Å². The molecule has 0 spiro atoms. The maximum atomic E-state index is 12.6. The molecular weight excluding hydrogens is 266 g/mol. The first-order chi connectivity index (χ1) is 8.93. The lowest BCUT2D eigenvalue weighted by atomic mass is 10.2. The molecule has 1 aromatic heterocycles. The summed E-state index contributed by atoms with van der Waals surface area (Å²) in [6.07, 6.45) is 0.0936. The Kier molecular flexibility index (Phi) is 4.16. The third-order valence-electron chi connectivity index (χ3n) is 3.26. The number of carbonyl (C=O) groups excluding carboxylic acids is 1. The molecule has 106 valence electrons. The molecule has 0 aromatic carbocycles. The fourth-order valence-electron chi connectivity index (χ4n) is 2.49. The summed E-state index contributed by atoms with van der Waals surface area (Å²) in [5, 5.41) is 4.75. The summed E-state index contributed by atoms with van der Waals surface area (Å²) < 4.78 is 7.32. The summed E-state index contributed by atoms with van der Waals surface area (Å²) in [5.74, 6) is -0.0607. The van der Waals surface area contributed by atoms with Crippen LogP contribution in [0.1, 0.15) is 37.0 Å². The summed E-state index contributed by atoms with van der Waals surface area (Å²) >= 11 is 6.22. The number of halogens is 1. The number of ether oxygens (including phenoxy) is 1. The van der Waals surface area contributed by atoms with Gasteiger partial charge in [0.05, 0.1) is 22.9 Å². The van der Waals surface area contributed by atoms with Gasteiger partial charge >= 0.3 is 0 Å². The predicted molar refractivity (Wildman–Crippen MR) is 73.6 cm³/mol. The lowest BCUT2D eigenvalue weighted by molar-refractivity contribution is -0.0588. The number of nitrogens with zero attached hydrogens (tertiary/aromatic N) is 3. The van der Waals surface area contributed by atoms with Crippen LogP contribution in [0, 0.1) is 6.92 Å². The van der Waals surface area contributed by atoms with Gasteiger partial charge in [-0.25, -0.2) is 0 Å². The number of amides is 1. The van der Waals surface area contributed by atoms with Crippen LogP contribution >= 0.6 is 11.6 Å². The van der Waals surface area contributed by atoms with Crippen LogP contribution in [0.25, 0.3) is 0 Å². The summed E-state index contributed by atoms with van der Waals surface area (Å²) in [7, 11) is 0. The van der Waals surface area contributed by atoms with Crippen molar-refractivity contribution in [2.75, 3.05) is 13.1 Å². The molecule has 2 heterocycles. The van der Waals surface area contributed by atoms with Crippen LogP contribution < -0.4 is 0 Å². The molecule has 19 heavy (non-hydrogen) atoms. The third kappa shape index (κ3) is 2.77. The highest BCUT2D eigenvalue weighted by Gasteiger charge is 2.30. The molecule has 0 saturated carbocycles. The number of aromatic nitrogens is 2. The molecule has 0 radical (unpaired) electrons. The minimum absolute atomic E-state index is 0.0468. The second kappa shape index (κ2) is 5.51. The van der Waals surface area contributed by atoms with Gasteiger partial charge in [-0.2, -0.15) is 5.10 Å². The van der Waals surface area contributed by atoms with E-state index in [4.69, 9.17) is 16.3 Å². The smallest absolute Gasteiger partial charge is 0.273 e. The lowest BCUT2D eigenvalue weighted by Gasteiger charge is -2.35. The van der Waals surface area contributed by atoms with Crippen LogP contribution in [-0.4, -0.2) is 45.9 Å². The average Bonchev–Trinajstić information content (AvgIpc) is 2.63. The lowest BCUT2D eigenvalue weighted by Crippen LogP contribution is -2.48. The largest absolute Gasteiger partial charge is 0.372 e. The molecular formula is C13H20ClN3O2. The van der Waals surface area contributed by atoms with E-state index in [2.05, 4.69) is 5.10 Å². The summed E-state index contributed by atoms with van der Waals surface area (Å²) in [6, 6.07) is 0. The second-order valence-corrected chi connectivity index (χ2v) is 5.41. The zero-order chi connectivity index (χ0) is 14.2. The highest BCUT2D eigenvalue weighted by Crippen LogP contribution is 2.23. The maximum Gasteiger partial charge on any atom is 0.273 e. The molecule has 1 fully saturated rings. The zero-order valence-electron chi connectivity index (χ0n) is 11.8. The van der Waals surface area contributed by atoms with Crippen molar-refractivity contribution in [1.82, 2.24) is 14.7 Å². The molecule has 0 N–H and O–H groups in total. The molecule has 5 nitrogen and oxygen atoms in total. The molecule has 6 heteroatoms. The highest BCUT2D eigenvalue weighted by atomic mass is 35.5. The van der Waals surface area contributed by atoms with Gasteiger partial charge in [0.1, 0.15) is 5.69 Å². The standard InChI is InChI=1S/C13H20ClN3O2/c1-5-17-12(11(14)10(4)15-17)13(18)16-6-8(2)19-9(3)7-16/h8-9H,5-7H2,1-4H3. The Hall–Kier alpha value is -1.07. The van der Waals surface area contributed by atoms with Crippen LogP contribution in [0.3, 0.4) is 0 Å². The second-order valence-electron chi connectivity index (χ2n) is 5.03. The molecule has 2 atom stereocenters. The van der Waals surface area contributed by atoms with Crippen molar-refractivity contribution in [2.45, 2.75) is 46.4 Å². The fourth-order valence-corrected chi connectivity index (χ4v) is 2.70. The van der Waals surface area contributed by atoms with Gasteiger partial charge in [0.25, 0.3) is 5.91 Å². The van der Waals surface area contributed by atoms with Gasteiger partial charge in [-0.15, -0.1) is 0 Å². The molecule has 1 aromatic rings. The van der Waals surface area contributed by atoms with Crippen molar-refractivity contribution in [3.05, 3.63) is 16.4 Å². The Bertz CT molecular complexity index is 476. The SMILES string of the molecule is CCn1nc(C)c(Cl)c1C(=O)N1CC(C)OC(C)C1. The number of rotatable bonds is 2. The quantitative estimate of drug-likeness (QED) is 0.836. The third-order valence-corrected chi connectivity index (χ3v) is 3.72. The molecule has 0 bridgehead atoms. The fraction of sp³-hybridized carbons (Fsp3) is 0.692. The average molecular weight is 286 g/mol. The van der Waals surface area contributed by atoms with E-state index < -0.39 is 0 Å². The molecule has 1 aliphatic rings. The number of hydrogen-bond acceptors (Lipinski definition) is 3. The van der Waals surface area contributed by atoms with Crippen molar-refractivity contribution in [3.8, 4) is 0 Å². The van der Waals surface area contributed by atoms with E-state index in [1.165, 1.54) is 0 Å². The van der Waals surface area contributed by atoms with E-state index in [0.717, 1.165) is 0 Å². The van der Waals surface area contributed by atoms with Gasteiger partial charge in [0.15, 0.2) is 0 Å². The molecule has 0 aliphatic carbocycles. The van der Waals surface area contributed by atoms with E-state index >= 15 is 0 Å². The summed E-state index contributed by atoms with van der Waals surface area (Å²) in [5.41, 5.74) is 1.18. The number of hydrogen-bond donors (Lipinski definition) is 0. The van der Waals surface area contributed by atoms with Crippen molar-refractivity contribution >= 4 is 17.5 Å². The first kappa shape index (κ1) is 14.3. The van der Waals surface area contributed by atoms with E-state index in [1.807, 2.05) is 27.7 Å². The van der Waals surface area contributed by atoms with Crippen molar-refractivity contribution in [1.29, 1.82) is 0 Å². The highest BCUT2D eigenvalue weighted by molar-refractivity contribution is 6.34. The van der Waals surface area contributed by atoms with Crippen LogP contribution in [0.5, 0.6) is 0 Å². The van der Waals surface area contributed by atoms with Gasteiger partial charge in [-0.3, -0.25) is 9.48 Å². The minimum Gasteiger partial charge on any atom is -0.372 e. The Morgan fingerprint density at radius 2 is 2.00 bits per heavy atom. The van der Waals surface area contributed by atoms with E-state index in [9.17, 15) is 4.79 Å². The molecule has 2 rings (SSSR count). The number of aryl methyl sites for hydroxylation is 2. The van der Waals surface area contributed by atoms with Crippen LogP contribution in [0.2, 0.25) is 5.02 Å². The first-order valence-corrected chi connectivity index (χ1v) is 6.99. The van der Waals surface area contributed by atoms with Crippen molar-refractivity contribution < 1.29 is 9.53 Å². The minimum atomic E-state index is -0.0607. The van der Waals surface area contributed by atoms with E-state index in [1.54, 1.807) is 9.58 Å². The van der Waals surface area contributed by atoms with E-state index in [-0.39, 0.29) is 18.1 Å². The number of morpholine rings is 1. The molecule has 1 amide bonds. The van der Waals surface area contributed by atoms with Crippen LogP contribution in [-0.2, 0) is 11.3 Å². The van der Waals surface area contributed by atoms with Crippen LogP contribution in [0.4, 0.5) is 0 Å². The van der Waals surface area contributed by atoms with Gasteiger partial charge in [-0.05, 0) is 27.7 Å². The topological polar surface area (TPSA) is 47.4 Å². The number of carbonyl (C=O) groups is 1. The molecule has 1 saturated heterocycles. The van der Waals surface area contributed by atoms with Gasteiger partial charge in [0.2, 0.25) is 0 Å². The predicted octanol–water partition coefficient (Wildman–Crippen LogP) is 2.11. The monoisotopic (exact) mass is 285 g/mol. The van der Waals surface area contributed by atoms with Crippen LogP contribution in [0.15, 0.2) is 0 Å². The Morgan fingerprint density at radius 3 is 2.53 bits per heavy atom. The normalized spacial score (nSPS) is 23.7. The Morgan fingerprint density at radius 1 is 1.42 bits per heavy atom. The zero-order valence-corrected chi connectivity index (χ0v) is 12.6. The van der Waals surface area contributed by atoms with Crippen molar-refractivity contribution in [3.63, 3.8) is 0 Å². The van der Waals surface area contributed by atoms with Crippen molar-refractivity contribution in [2.24, 2.45) is 0 Å². The Balaban J connectivity index is 2.29. The maximum absolute atomic E-state index is 12.6.